The van der Waals surface area contributed by atoms with E-state index >= 15 is 0 Å². The van der Waals surface area contributed by atoms with Gasteiger partial charge in [-0.3, -0.25) is 0 Å². The second-order valence-corrected chi connectivity index (χ2v) is 7.72. The summed E-state index contributed by atoms with van der Waals surface area (Å²) in [6, 6.07) is 4.21. The van der Waals surface area contributed by atoms with Crippen molar-refractivity contribution in [1.82, 2.24) is 4.72 Å². The Morgan fingerprint density at radius 3 is 2.42 bits per heavy atom. The van der Waals surface area contributed by atoms with Crippen LogP contribution in [0.2, 0.25) is 5.02 Å². The quantitative estimate of drug-likeness (QED) is 0.898. The minimum atomic E-state index is -3.70. The van der Waals surface area contributed by atoms with Crippen molar-refractivity contribution in [3.8, 4) is 0 Å². The molecule has 4 nitrogen and oxygen atoms in total. The van der Waals surface area contributed by atoms with Gasteiger partial charge >= 0.3 is 0 Å². The van der Waals surface area contributed by atoms with Gasteiger partial charge in [0.25, 0.3) is 0 Å². The molecule has 0 radical (unpaired) electrons. The maximum atomic E-state index is 12.3. The average molecular weight is 306 g/mol. The summed E-state index contributed by atoms with van der Waals surface area (Å²) in [6.07, 6.45) is 0. The largest absolute Gasteiger partial charge is 0.392 e. The molecule has 0 aromatic heterocycles. The van der Waals surface area contributed by atoms with Gasteiger partial charge in [-0.2, -0.15) is 0 Å². The van der Waals surface area contributed by atoms with E-state index in [2.05, 4.69) is 4.72 Å². The Morgan fingerprint density at radius 1 is 1.37 bits per heavy atom. The predicted octanol–water partition coefficient (Wildman–Crippen LogP) is 2.55. The predicted molar refractivity (Wildman–Crippen MR) is 76.6 cm³/mol. The summed E-state index contributed by atoms with van der Waals surface area (Å²) in [6.45, 7) is 7.43. The van der Waals surface area contributed by atoms with E-state index in [1.54, 1.807) is 13.0 Å². The Bertz CT molecular complexity index is 549. The van der Waals surface area contributed by atoms with Gasteiger partial charge in [0, 0.05) is 6.04 Å². The van der Waals surface area contributed by atoms with E-state index in [0.29, 0.717) is 5.56 Å². The topological polar surface area (TPSA) is 66.4 Å². The van der Waals surface area contributed by atoms with Crippen LogP contribution in [0.3, 0.4) is 0 Å². The number of aliphatic hydroxyl groups is 1. The molecule has 1 atom stereocenters. The summed E-state index contributed by atoms with van der Waals surface area (Å²) in [4.78, 5) is -0.00295. The maximum absolute atomic E-state index is 12.3. The second-order valence-electron chi connectivity index (χ2n) is 5.63. The van der Waals surface area contributed by atoms with Crippen LogP contribution in [0.15, 0.2) is 23.1 Å². The van der Waals surface area contributed by atoms with Crippen LogP contribution < -0.4 is 4.72 Å². The van der Waals surface area contributed by atoms with E-state index in [1.807, 2.05) is 20.8 Å². The van der Waals surface area contributed by atoms with E-state index in [-0.39, 0.29) is 28.0 Å². The highest BCUT2D eigenvalue weighted by Crippen LogP contribution is 2.25. The average Bonchev–Trinajstić information content (AvgIpc) is 2.27. The van der Waals surface area contributed by atoms with Gasteiger partial charge < -0.3 is 5.11 Å². The summed E-state index contributed by atoms with van der Waals surface area (Å²) in [7, 11) is -3.70. The Labute approximate surface area is 119 Å². The molecule has 0 saturated carbocycles. The number of nitrogens with one attached hydrogen (secondary N) is 1. The number of sulfonamides is 1. The first-order valence-electron chi connectivity index (χ1n) is 5.99. The standard InChI is InChI=1S/C13H20ClNO3S/c1-9(13(2,3)4)15-19(17,18)12-7-10(8-16)5-6-11(12)14/h5-7,9,15-16H,8H2,1-4H3. The first kappa shape index (κ1) is 16.4. The van der Waals surface area contributed by atoms with Crippen molar-refractivity contribution in [1.29, 1.82) is 0 Å². The highest BCUT2D eigenvalue weighted by molar-refractivity contribution is 7.89. The molecule has 0 aliphatic carbocycles. The van der Waals surface area contributed by atoms with Gasteiger partial charge in [-0.1, -0.05) is 38.4 Å². The lowest BCUT2D eigenvalue weighted by Crippen LogP contribution is -2.41. The molecule has 19 heavy (non-hydrogen) atoms. The number of benzene rings is 1. The van der Waals surface area contributed by atoms with Crippen LogP contribution in [0.4, 0.5) is 0 Å². The van der Waals surface area contributed by atoms with Crippen LogP contribution in [-0.2, 0) is 16.6 Å². The molecule has 0 aliphatic rings. The van der Waals surface area contributed by atoms with Crippen LogP contribution in [0.5, 0.6) is 0 Å². The van der Waals surface area contributed by atoms with Crippen LogP contribution in [0, 0.1) is 5.41 Å². The van der Waals surface area contributed by atoms with E-state index in [9.17, 15) is 8.42 Å². The van der Waals surface area contributed by atoms with Gasteiger partial charge in [-0.15, -0.1) is 0 Å². The molecule has 1 aromatic rings. The van der Waals surface area contributed by atoms with Crippen molar-refractivity contribution >= 4 is 21.6 Å². The zero-order valence-electron chi connectivity index (χ0n) is 11.6. The number of hydrogen-bond acceptors (Lipinski definition) is 3. The minimum Gasteiger partial charge on any atom is -0.392 e. The molecule has 2 N–H and O–H groups in total. The maximum Gasteiger partial charge on any atom is 0.242 e. The van der Waals surface area contributed by atoms with Crippen LogP contribution in [0.1, 0.15) is 33.3 Å². The molecule has 0 fully saturated rings. The van der Waals surface area contributed by atoms with E-state index in [0.717, 1.165) is 0 Å². The number of hydrogen-bond donors (Lipinski definition) is 2. The fraction of sp³-hybridized carbons (Fsp3) is 0.538. The molecule has 1 aromatic carbocycles. The van der Waals surface area contributed by atoms with Crippen molar-refractivity contribution in [3.05, 3.63) is 28.8 Å². The third-order valence-corrected chi connectivity index (χ3v) is 5.12. The van der Waals surface area contributed by atoms with Crippen molar-refractivity contribution < 1.29 is 13.5 Å². The fourth-order valence-corrected chi connectivity index (χ4v) is 3.32. The van der Waals surface area contributed by atoms with Gasteiger partial charge in [0.05, 0.1) is 11.6 Å². The molecule has 0 amide bonds. The molecule has 1 rings (SSSR count). The van der Waals surface area contributed by atoms with Gasteiger partial charge in [0.2, 0.25) is 10.0 Å². The van der Waals surface area contributed by atoms with Crippen LogP contribution >= 0.6 is 11.6 Å². The highest BCUT2D eigenvalue weighted by atomic mass is 35.5. The molecule has 6 heteroatoms. The SMILES string of the molecule is CC(NS(=O)(=O)c1cc(CO)ccc1Cl)C(C)(C)C. The summed E-state index contributed by atoms with van der Waals surface area (Å²) in [5, 5.41) is 9.22. The Kier molecular flexibility index (Phi) is 5.01. The Hall–Kier alpha value is -0.620. The molecule has 0 spiro atoms. The van der Waals surface area contributed by atoms with Gasteiger partial charge in [-0.25, -0.2) is 13.1 Å². The zero-order chi connectivity index (χ0) is 14.8. The van der Waals surface area contributed by atoms with Gasteiger partial charge in [0.15, 0.2) is 0 Å². The van der Waals surface area contributed by atoms with Crippen LogP contribution in [0.25, 0.3) is 0 Å². The van der Waals surface area contributed by atoms with E-state index in [4.69, 9.17) is 16.7 Å². The minimum absolute atomic E-state index is 0.00295. The monoisotopic (exact) mass is 305 g/mol. The number of aliphatic hydroxyl groups excluding tert-OH is 1. The summed E-state index contributed by atoms with van der Waals surface area (Å²) < 4.78 is 27.2. The second kappa shape index (κ2) is 5.79. The van der Waals surface area contributed by atoms with Crippen molar-refractivity contribution in [2.24, 2.45) is 5.41 Å². The normalized spacial score (nSPS) is 14.4. The number of rotatable bonds is 4. The number of halogens is 1. The molecule has 0 bridgehead atoms. The lowest BCUT2D eigenvalue weighted by atomic mass is 9.89. The lowest BCUT2D eigenvalue weighted by molar-refractivity contribution is 0.281. The van der Waals surface area contributed by atoms with Gasteiger partial charge in [-0.05, 0) is 30.0 Å². The Morgan fingerprint density at radius 2 is 1.95 bits per heavy atom. The van der Waals surface area contributed by atoms with Crippen molar-refractivity contribution in [3.63, 3.8) is 0 Å². The molecular weight excluding hydrogens is 286 g/mol. The van der Waals surface area contributed by atoms with Crippen molar-refractivity contribution in [2.75, 3.05) is 0 Å². The third kappa shape index (κ3) is 4.18. The third-order valence-electron chi connectivity index (χ3n) is 3.10. The smallest absolute Gasteiger partial charge is 0.242 e. The Balaban J connectivity index is 3.14. The van der Waals surface area contributed by atoms with Gasteiger partial charge in [0.1, 0.15) is 4.90 Å². The fourth-order valence-electron chi connectivity index (χ4n) is 1.33. The van der Waals surface area contributed by atoms with Crippen LogP contribution in [-0.4, -0.2) is 19.6 Å². The summed E-state index contributed by atoms with van der Waals surface area (Å²) in [5.74, 6) is 0. The molecular formula is C13H20ClNO3S. The van der Waals surface area contributed by atoms with E-state index < -0.39 is 10.0 Å². The molecule has 0 saturated heterocycles. The molecule has 108 valence electrons. The van der Waals surface area contributed by atoms with E-state index in [1.165, 1.54) is 12.1 Å². The first-order chi connectivity index (χ1) is 8.58. The van der Waals surface area contributed by atoms with Crippen molar-refractivity contribution in [2.45, 2.75) is 45.2 Å². The highest BCUT2D eigenvalue weighted by Gasteiger charge is 2.27. The zero-order valence-corrected chi connectivity index (χ0v) is 13.1. The first-order valence-corrected chi connectivity index (χ1v) is 7.85. The summed E-state index contributed by atoms with van der Waals surface area (Å²) >= 11 is 5.93. The lowest BCUT2D eigenvalue weighted by Gasteiger charge is -2.28. The summed E-state index contributed by atoms with van der Waals surface area (Å²) in [5.41, 5.74) is 0.307. The molecule has 0 aliphatic heterocycles. The molecule has 0 heterocycles. The molecule has 1 unspecified atom stereocenters.